The van der Waals surface area contributed by atoms with Crippen LogP contribution in [0, 0.1) is 6.92 Å². The Balaban J connectivity index is 2.11. The van der Waals surface area contributed by atoms with Crippen molar-refractivity contribution in [1.29, 1.82) is 0 Å². The summed E-state index contributed by atoms with van der Waals surface area (Å²) in [6.07, 6.45) is 3.44. The maximum absolute atomic E-state index is 13.2. The molecule has 2 unspecified atom stereocenters. The van der Waals surface area contributed by atoms with Crippen molar-refractivity contribution in [2.45, 2.75) is 52.1 Å². The fourth-order valence-corrected chi connectivity index (χ4v) is 3.74. The first-order valence-electron chi connectivity index (χ1n) is 7.89. The summed E-state index contributed by atoms with van der Waals surface area (Å²) < 4.78 is 2.13. The van der Waals surface area contributed by atoms with Gasteiger partial charge in [-0.25, -0.2) is 0 Å². The molecule has 1 amide bonds. The average molecular weight is 284 g/mol. The molecule has 1 saturated heterocycles. The third kappa shape index (κ3) is 2.15. The number of fused-ring (bicyclic) bond motifs is 1. The minimum atomic E-state index is 0.198. The van der Waals surface area contributed by atoms with Crippen LogP contribution in [-0.4, -0.2) is 27.5 Å². The molecular weight excluding hydrogens is 260 g/mol. The lowest BCUT2D eigenvalue weighted by molar-refractivity contribution is 0.0512. The van der Waals surface area contributed by atoms with Crippen LogP contribution in [0.1, 0.15) is 49.2 Å². The maximum Gasteiger partial charge on any atom is 0.256 e. The van der Waals surface area contributed by atoms with Gasteiger partial charge in [-0.05, 0) is 46.1 Å². The summed E-state index contributed by atoms with van der Waals surface area (Å²) in [5.41, 5.74) is 3.08. The highest BCUT2D eigenvalue weighted by atomic mass is 16.2. The van der Waals surface area contributed by atoms with Gasteiger partial charge in [-0.15, -0.1) is 0 Å². The van der Waals surface area contributed by atoms with Crippen molar-refractivity contribution in [3.8, 4) is 0 Å². The van der Waals surface area contributed by atoms with Crippen LogP contribution in [0.4, 0.5) is 0 Å². The van der Waals surface area contributed by atoms with E-state index in [1.54, 1.807) is 0 Å². The lowest BCUT2D eigenvalue weighted by Crippen LogP contribution is -2.47. The molecule has 0 N–H and O–H groups in total. The molecule has 2 heterocycles. The van der Waals surface area contributed by atoms with Gasteiger partial charge in [0, 0.05) is 35.7 Å². The third-order valence-electron chi connectivity index (χ3n) is 5.04. The number of aromatic nitrogens is 1. The van der Waals surface area contributed by atoms with Crippen LogP contribution in [0.25, 0.3) is 10.9 Å². The maximum atomic E-state index is 13.2. The molecule has 0 bridgehead atoms. The van der Waals surface area contributed by atoms with E-state index in [9.17, 15) is 4.79 Å². The highest BCUT2D eigenvalue weighted by molar-refractivity contribution is 6.08. The molecule has 3 heteroatoms. The van der Waals surface area contributed by atoms with Crippen molar-refractivity contribution in [1.82, 2.24) is 9.47 Å². The van der Waals surface area contributed by atoms with Crippen molar-refractivity contribution in [3.63, 3.8) is 0 Å². The van der Waals surface area contributed by atoms with Crippen LogP contribution in [0.3, 0.4) is 0 Å². The Morgan fingerprint density at radius 2 is 1.76 bits per heavy atom. The summed E-state index contributed by atoms with van der Waals surface area (Å²) in [4.78, 5) is 15.3. The van der Waals surface area contributed by atoms with Crippen molar-refractivity contribution >= 4 is 16.8 Å². The Morgan fingerprint density at radius 1 is 1.14 bits per heavy atom. The molecule has 1 fully saturated rings. The minimum absolute atomic E-state index is 0.198. The average Bonchev–Trinajstić information content (AvgIpc) is 2.71. The van der Waals surface area contributed by atoms with Crippen molar-refractivity contribution in [3.05, 3.63) is 35.5 Å². The molecule has 1 aliphatic heterocycles. The van der Waals surface area contributed by atoms with E-state index in [1.165, 1.54) is 6.42 Å². The third-order valence-corrected chi connectivity index (χ3v) is 5.04. The van der Waals surface area contributed by atoms with Gasteiger partial charge in [0.15, 0.2) is 0 Å². The first-order chi connectivity index (χ1) is 10.0. The summed E-state index contributed by atoms with van der Waals surface area (Å²) in [6.45, 7) is 6.40. The zero-order valence-corrected chi connectivity index (χ0v) is 13.4. The first-order valence-corrected chi connectivity index (χ1v) is 7.89. The first kappa shape index (κ1) is 14.2. The molecule has 3 rings (SSSR count). The molecule has 1 aliphatic rings. The van der Waals surface area contributed by atoms with E-state index in [1.807, 2.05) is 26.1 Å². The molecule has 3 nitrogen and oxygen atoms in total. The number of hydrogen-bond donors (Lipinski definition) is 0. The molecule has 21 heavy (non-hydrogen) atoms. The SMILES string of the molecule is Cc1c(C(=O)N2C(C)CCCC2C)c2ccccc2n1C. The lowest BCUT2D eigenvalue weighted by atomic mass is 9.96. The number of amides is 1. The molecule has 2 atom stereocenters. The Kier molecular flexibility index (Phi) is 3.52. The van der Waals surface area contributed by atoms with Crippen LogP contribution in [0.15, 0.2) is 24.3 Å². The van der Waals surface area contributed by atoms with Gasteiger partial charge < -0.3 is 9.47 Å². The van der Waals surface area contributed by atoms with Gasteiger partial charge in [-0.3, -0.25) is 4.79 Å². The zero-order valence-electron chi connectivity index (χ0n) is 13.4. The standard InChI is InChI=1S/C18H24N2O/c1-12-8-7-9-13(2)20(12)18(21)17-14(3)19(4)16-11-6-5-10-15(16)17/h5-6,10-13H,7-9H2,1-4H3. The Bertz CT molecular complexity index is 676. The van der Waals surface area contributed by atoms with E-state index in [0.717, 1.165) is 35.0 Å². The monoisotopic (exact) mass is 284 g/mol. The van der Waals surface area contributed by atoms with Crippen molar-refractivity contribution < 1.29 is 4.79 Å². The molecule has 1 aromatic carbocycles. The lowest BCUT2D eigenvalue weighted by Gasteiger charge is -2.39. The largest absolute Gasteiger partial charge is 0.347 e. The van der Waals surface area contributed by atoms with E-state index < -0.39 is 0 Å². The highest BCUT2D eigenvalue weighted by Crippen LogP contribution is 2.30. The Labute approximate surface area is 126 Å². The minimum Gasteiger partial charge on any atom is -0.347 e. The summed E-state index contributed by atoms with van der Waals surface area (Å²) in [5.74, 6) is 0.198. The number of likely N-dealkylation sites (tertiary alicyclic amines) is 1. The second-order valence-electron chi connectivity index (χ2n) is 6.38. The summed E-state index contributed by atoms with van der Waals surface area (Å²) >= 11 is 0. The molecule has 0 saturated carbocycles. The smallest absolute Gasteiger partial charge is 0.256 e. The number of hydrogen-bond acceptors (Lipinski definition) is 1. The summed E-state index contributed by atoms with van der Waals surface area (Å²) in [6, 6.07) is 8.86. The van der Waals surface area contributed by atoms with E-state index in [2.05, 4.69) is 35.4 Å². The quantitative estimate of drug-likeness (QED) is 0.780. The van der Waals surface area contributed by atoms with Gasteiger partial charge in [-0.2, -0.15) is 0 Å². The fraction of sp³-hybridized carbons (Fsp3) is 0.500. The molecule has 0 radical (unpaired) electrons. The van der Waals surface area contributed by atoms with Gasteiger partial charge >= 0.3 is 0 Å². The summed E-state index contributed by atoms with van der Waals surface area (Å²) in [5, 5.41) is 1.08. The van der Waals surface area contributed by atoms with Crippen LogP contribution in [0.5, 0.6) is 0 Å². The molecule has 2 aromatic rings. The van der Waals surface area contributed by atoms with E-state index in [-0.39, 0.29) is 5.91 Å². The van der Waals surface area contributed by atoms with E-state index in [0.29, 0.717) is 12.1 Å². The molecule has 0 spiro atoms. The Hall–Kier alpha value is -1.77. The predicted molar refractivity (Wildman–Crippen MR) is 86.6 cm³/mol. The number of carbonyl (C=O) groups excluding carboxylic acids is 1. The van der Waals surface area contributed by atoms with Crippen molar-refractivity contribution in [2.75, 3.05) is 0 Å². The number of nitrogens with zero attached hydrogens (tertiary/aromatic N) is 2. The Morgan fingerprint density at radius 3 is 2.43 bits per heavy atom. The van der Waals surface area contributed by atoms with Crippen LogP contribution in [0.2, 0.25) is 0 Å². The number of benzene rings is 1. The number of rotatable bonds is 1. The van der Waals surface area contributed by atoms with E-state index in [4.69, 9.17) is 0 Å². The van der Waals surface area contributed by atoms with Crippen LogP contribution in [-0.2, 0) is 7.05 Å². The number of carbonyl (C=O) groups is 1. The molecule has 112 valence electrons. The van der Waals surface area contributed by atoms with Gasteiger partial charge in [0.25, 0.3) is 5.91 Å². The highest BCUT2D eigenvalue weighted by Gasteiger charge is 2.32. The van der Waals surface area contributed by atoms with Crippen LogP contribution >= 0.6 is 0 Å². The summed E-state index contributed by atoms with van der Waals surface area (Å²) in [7, 11) is 2.04. The number of para-hydroxylation sites is 1. The van der Waals surface area contributed by atoms with Crippen molar-refractivity contribution in [2.24, 2.45) is 7.05 Å². The zero-order chi connectivity index (χ0) is 15.1. The second-order valence-corrected chi connectivity index (χ2v) is 6.38. The van der Waals surface area contributed by atoms with Gasteiger partial charge in [0.05, 0.1) is 5.56 Å². The normalized spacial score (nSPS) is 22.8. The molecular formula is C18H24N2O. The second kappa shape index (κ2) is 5.21. The van der Waals surface area contributed by atoms with Gasteiger partial charge in [0.1, 0.15) is 0 Å². The van der Waals surface area contributed by atoms with Gasteiger partial charge in [0.2, 0.25) is 0 Å². The fourth-order valence-electron chi connectivity index (χ4n) is 3.74. The topological polar surface area (TPSA) is 25.2 Å². The number of piperidine rings is 1. The predicted octanol–water partition coefficient (Wildman–Crippen LogP) is 3.89. The molecule has 1 aromatic heterocycles. The number of aryl methyl sites for hydroxylation is 1. The van der Waals surface area contributed by atoms with E-state index >= 15 is 0 Å². The molecule has 0 aliphatic carbocycles. The van der Waals surface area contributed by atoms with Gasteiger partial charge in [-0.1, -0.05) is 18.2 Å². The van der Waals surface area contributed by atoms with Crippen LogP contribution < -0.4 is 0 Å².